The third-order valence-corrected chi connectivity index (χ3v) is 5.21. The SMILES string of the molecule is CC(c1ccc(Cl)s1)n1ccc2c1CCCC2N. The first-order valence-corrected chi connectivity index (χ1v) is 7.56. The molecular weight excluding hydrogens is 264 g/mol. The number of hydrogen-bond donors (Lipinski definition) is 1. The van der Waals surface area contributed by atoms with Crippen LogP contribution in [0, 0.1) is 0 Å². The number of rotatable bonds is 2. The van der Waals surface area contributed by atoms with E-state index in [9.17, 15) is 0 Å². The quantitative estimate of drug-likeness (QED) is 0.880. The van der Waals surface area contributed by atoms with Gasteiger partial charge in [-0.2, -0.15) is 0 Å². The maximum atomic E-state index is 6.17. The molecule has 0 aliphatic heterocycles. The first-order chi connectivity index (χ1) is 8.66. The highest BCUT2D eigenvalue weighted by molar-refractivity contribution is 7.16. The summed E-state index contributed by atoms with van der Waals surface area (Å²) in [5.74, 6) is 0. The lowest BCUT2D eigenvalue weighted by atomic mass is 9.93. The summed E-state index contributed by atoms with van der Waals surface area (Å²) in [6.07, 6.45) is 5.61. The van der Waals surface area contributed by atoms with E-state index in [0.717, 1.165) is 17.2 Å². The van der Waals surface area contributed by atoms with Crippen molar-refractivity contribution in [1.29, 1.82) is 0 Å². The van der Waals surface area contributed by atoms with Gasteiger partial charge in [0.25, 0.3) is 0 Å². The van der Waals surface area contributed by atoms with Crippen LogP contribution in [0.3, 0.4) is 0 Å². The molecule has 1 aliphatic carbocycles. The standard InChI is InChI=1S/C14H17ClN2S/c1-9(13-5-6-14(15)18-13)17-8-7-10-11(16)3-2-4-12(10)17/h5-9,11H,2-4,16H2,1H3. The lowest BCUT2D eigenvalue weighted by Crippen LogP contribution is -2.19. The Kier molecular flexibility index (Phi) is 3.22. The zero-order valence-electron chi connectivity index (χ0n) is 10.4. The Morgan fingerprint density at radius 1 is 1.44 bits per heavy atom. The molecule has 2 N–H and O–H groups in total. The fourth-order valence-corrected chi connectivity index (χ4v) is 3.92. The Morgan fingerprint density at radius 2 is 2.28 bits per heavy atom. The van der Waals surface area contributed by atoms with Gasteiger partial charge in [-0.3, -0.25) is 0 Å². The van der Waals surface area contributed by atoms with E-state index >= 15 is 0 Å². The van der Waals surface area contributed by atoms with E-state index in [0.29, 0.717) is 6.04 Å². The summed E-state index contributed by atoms with van der Waals surface area (Å²) in [7, 11) is 0. The van der Waals surface area contributed by atoms with Crippen LogP contribution in [0.25, 0.3) is 0 Å². The van der Waals surface area contributed by atoms with Crippen molar-refractivity contribution in [3.05, 3.63) is 44.9 Å². The number of hydrogen-bond acceptors (Lipinski definition) is 2. The largest absolute Gasteiger partial charge is 0.343 e. The molecule has 3 rings (SSSR count). The fraction of sp³-hybridized carbons (Fsp3) is 0.429. The lowest BCUT2D eigenvalue weighted by molar-refractivity contribution is 0.528. The molecule has 0 spiro atoms. The van der Waals surface area contributed by atoms with E-state index in [2.05, 4.69) is 29.8 Å². The second kappa shape index (κ2) is 4.72. The Labute approximate surface area is 116 Å². The Bertz CT molecular complexity index is 558. The number of nitrogens with two attached hydrogens (primary N) is 1. The molecule has 2 heterocycles. The van der Waals surface area contributed by atoms with Crippen LogP contribution in [0.2, 0.25) is 4.34 Å². The molecule has 4 heteroatoms. The summed E-state index contributed by atoms with van der Waals surface area (Å²) in [6.45, 7) is 2.22. The minimum absolute atomic E-state index is 0.217. The minimum Gasteiger partial charge on any atom is -0.343 e. The van der Waals surface area contributed by atoms with Crippen LogP contribution in [-0.2, 0) is 6.42 Å². The van der Waals surface area contributed by atoms with Crippen LogP contribution < -0.4 is 5.73 Å². The Balaban J connectivity index is 1.97. The molecule has 0 amide bonds. The van der Waals surface area contributed by atoms with Gasteiger partial charge in [0.2, 0.25) is 0 Å². The summed E-state index contributed by atoms with van der Waals surface area (Å²) in [6, 6.07) is 6.84. The van der Waals surface area contributed by atoms with Gasteiger partial charge in [-0.05, 0) is 49.9 Å². The van der Waals surface area contributed by atoms with Crippen LogP contribution >= 0.6 is 22.9 Å². The molecule has 18 heavy (non-hydrogen) atoms. The van der Waals surface area contributed by atoms with Crippen LogP contribution in [0.1, 0.15) is 48.0 Å². The zero-order valence-corrected chi connectivity index (χ0v) is 12.0. The third-order valence-electron chi connectivity index (χ3n) is 3.81. The van der Waals surface area contributed by atoms with E-state index < -0.39 is 0 Å². The molecule has 0 saturated carbocycles. The second-order valence-electron chi connectivity index (χ2n) is 4.94. The summed E-state index contributed by atoms with van der Waals surface area (Å²) >= 11 is 7.68. The van der Waals surface area contributed by atoms with Crippen molar-refractivity contribution < 1.29 is 0 Å². The number of aromatic nitrogens is 1. The van der Waals surface area contributed by atoms with Gasteiger partial charge in [0.1, 0.15) is 0 Å². The van der Waals surface area contributed by atoms with Crippen LogP contribution in [0.15, 0.2) is 24.4 Å². The molecule has 0 saturated heterocycles. The van der Waals surface area contributed by atoms with E-state index in [1.807, 2.05) is 6.07 Å². The highest BCUT2D eigenvalue weighted by atomic mass is 35.5. The Morgan fingerprint density at radius 3 is 3.00 bits per heavy atom. The number of fused-ring (bicyclic) bond motifs is 1. The second-order valence-corrected chi connectivity index (χ2v) is 6.69. The molecule has 2 nitrogen and oxygen atoms in total. The first-order valence-electron chi connectivity index (χ1n) is 6.37. The van der Waals surface area contributed by atoms with Gasteiger partial charge < -0.3 is 10.3 Å². The number of nitrogens with zero attached hydrogens (tertiary/aromatic N) is 1. The van der Waals surface area contributed by atoms with Crippen molar-refractivity contribution in [3.8, 4) is 0 Å². The van der Waals surface area contributed by atoms with E-state index in [1.165, 1.54) is 22.6 Å². The van der Waals surface area contributed by atoms with Gasteiger partial charge in [0.15, 0.2) is 0 Å². The van der Waals surface area contributed by atoms with Gasteiger partial charge >= 0.3 is 0 Å². The number of halogens is 1. The zero-order chi connectivity index (χ0) is 12.7. The van der Waals surface area contributed by atoms with Crippen molar-refractivity contribution in [2.75, 3.05) is 0 Å². The summed E-state index contributed by atoms with van der Waals surface area (Å²) in [4.78, 5) is 1.30. The predicted molar refractivity (Wildman–Crippen MR) is 77.4 cm³/mol. The normalized spacial score (nSPS) is 20.7. The summed E-state index contributed by atoms with van der Waals surface area (Å²) in [5, 5.41) is 0. The average Bonchev–Trinajstić information content (AvgIpc) is 2.95. The van der Waals surface area contributed by atoms with Crippen molar-refractivity contribution >= 4 is 22.9 Å². The van der Waals surface area contributed by atoms with Crippen LogP contribution in [-0.4, -0.2) is 4.57 Å². The van der Waals surface area contributed by atoms with E-state index in [4.69, 9.17) is 17.3 Å². The van der Waals surface area contributed by atoms with Crippen molar-refractivity contribution in [2.24, 2.45) is 5.73 Å². The highest BCUT2D eigenvalue weighted by Gasteiger charge is 2.22. The fourth-order valence-electron chi connectivity index (χ4n) is 2.80. The molecule has 0 bridgehead atoms. The Hall–Kier alpha value is -0.770. The van der Waals surface area contributed by atoms with Gasteiger partial charge in [0.05, 0.1) is 10.4 Å². The van der Waals surface area contributed by atoms with Crippen LogP contribution in [0.4, 0.5) is 0 Å². The molecule has 2 aromatic rings. The third kappa shape index (κ3) is 2.00. The maximum Gasteiger partial charge on any atom is 0.0932 e. The highest BCUT2D eigenvalue weighted by Crippen LogP contribution is 2.34. The molecule has 96 valence electrons. The molecule has 2 unspecified atom stereocenters. The molecule has 2 atom stereocenters. The van der Waals surface area contributed by atoms with E-state index in [1.54, 1.807) is 11.3 Å². The van der Waals surface area contributed by atoms with Gasteiger partial charge in [-0.25, -0.2) is 0 Å². The maximum absolute atomic E-state index is 6.17. The predicted octanol–water partition coefficient (Wildman–Crippen LogP) is 4.15. The summed E-state index contributed by atoms with van der Waals surface area (Å²) in [5.41, 5.74) is 8.91. The first kappa shape index (κ1) is 12.3. The molecule has 2 aromatic heterocycles. The summed E-state index contributed by atoms with van der Waals surface area (Å²) < 4.78 is 3.21. The molecule has 0 fully saturated rings. The van der Waals surface area contributed by atoms with Crippen molar-refractivity contribution in [2.45, 2.75) is 38.3 Å². The lowest BCUT2D eigenvalue weighted by Gasteiger charge is -2.23. The molecular formula is C14H17ClN2S. The average molecular weight is 281 g/mol. The molecule has 0 aromatic carbocycles. The molecule has 1 aliphatic rings. The van der Waals surface area contributed by atoms with Gasteiger partial charge in [0, 0.05) is 22.8 Å². The smallest absolute Gasteiger partial charge is 0.0932 e. The topological polar surface area (TPSA) is 30.9 Å². The molecule has 0 radical (unpaired) electrons. The van der Waals surface area contributed by atoms with Gasteiger partial charge in [-0.1, -0.05) is 11.6 Å². The van der Waals surface area contributed by atoms with Crippen molar-refractivity contribution in [3.63, 3.8) is 0 Å². The van der Waals surface area contributed by atoms with Crippen LogP contribution in [0.5, 0.6) is 0 Å². The minimum atomic E-state index is 0.217. The van der Waals surface area contributed by atoms with Gasteiger partial charge in [-0.15, -0.1) is 11.3 Å². The monoisotopic (exact) mass is 280 g/mol. The van der Waals surface area contributed by atoms with Crippen molar-refractivity contribution in [1.82, 2.24) is 4.57 Å². The van der Waals surface area contributed by atoms with E-state index in [-0.39, 0.29) is 6.04 Å². The number of thiophene rings is 1.